The van der Waals surface area contributed by atoms with Gasteiger partial charge in [0.1, 0.15) is 22.7 Å². The van der Waals surface area contributed by atoms with Crippen LogP contribution < -0.4 is 10.2 Å². The molecule has 2 aromatic heterocycles. The van der Waals surface area contributed by atoms with Crippen molar-refractivity contribution < 1.29 is 14.0 Å². The third-order valence-corrected chi connectivity index (χ3v) is 7.25. The minimum absolute atomic E-state index is 0.199. The van der Waals surface area contributed by atoms with Crippen molar-refractivity contribution in [3.63, 3.8) is 0 Å². The molecule has 178 valence electrons. The molecule has 1 N–H and O–H groups in total. The van der Waals surface area contributed by atoms with Crippen LogP contribution in [0.15, 0.2) is 72.1 Å². The van der Waals surface area contributed by atoms with E-state index in [2.05, 4.69) is 10.4 Å². The lowest BCUT2D eigenvalue weighted by atomic mass is 9.93. The minimum Gasteiger partial charge on any atom is -0.350 e. The monoisotopic (exact) mass is 488 g/mol. The predicted molar refractivity (Wildman–Crippen MR) is 135 cm³/mol. The van der Waals surface area contributed by atoms with Gasteiger partial charge < -0.3 is 5.32 Å². The van der Waals surface area contributed by atoms with Crippen molar-refractivity contribution in [3.05, 3.63) is 94.7 Å². The van der Waals surface area contributed by atoms with Gasteiger partial charge in [0.2, 0.25) is 5.91 Å². The summed E-state index contributed by atoms with van der Waals surface area (Å²) in [7, 11) is 0. The highest BCUT2D eigenvalue weighted by molar-refractivity contribution is 7.13. The predicted octanol–water partition coefficient (Wildman–Crippen LogP) is 5.05. The van der Waals surface area contributed by atoms with E-state index in [0.29, 0.717) is 17.1 Å². The van der Waals surface area contributed by atoms with Crippen molar-refractivity contribution in [2.75, 3.05) is 4.90 Å². The molecule has 0 saturated carbocycles. The van der Waals surface area contributed by atoms with E-state index in [1.807, 2.05) is 48.7 Å². The molecule has 0 saturated heterocycles. The second-order valence-corrected chi connectivity index (χ2v) is 9.74. The van der Waals surface area contributed by atoms with Crippen LogP contribution in [0, 0.1) is 5.82 Å². The lowest BCUT2D eigenvalue weighted by Crippen LogP contribution is -2.64. The van der Waals surface area contributed by atoms with Crippen molar-refractivity contribution in [2.24, 2.45) is 0 Å². The molecule has 4 aromatic rings. The number of benzene rings is 2. The number of hydrogen-bond acceptors (Lipinski definition) is 4. The SMILES string of the molecule is CCc1cccc(N2C(=O)c3cc(-c4cccs4)nn3C[C@]2(C)C(=O)NCc2ccc(F)cc2)c1. The molecule has 8 heteroatoms. The number of fused-ring (bicyclic) bond motifs is 1. The number of thiophene rings is 1. The topological polar surface area (TPSA) is 67.2 Å². The Morgan fingerprint density at radius 3 is 2.63 bits per heavy atom. The molecule has 6 nitrogen and oxygen atoms in total. The molecular formula is C27H25FN4O2S. The summed E-state index contributed by atoms with van der Waals surface area (Å²) in [6.45, 7) is 4.23. The second-order valence-electron chi connectivity index (χ2n) is 8.80. The van der Waals surface area contributed by atoms with Crippen LogP contribution in [0.4, 0.5) is 10.1 Å². The van der Waals surface area contributed by atoms with Crippen LogP contribution in [0.2, 0.25) is 0 Å². The standard InChI is InChI=1S/C27H25FN4O2S/c1-3-18-6-4-7-21(14-18)32-25(33)23-15-22(24-8-5-13-35-24)30-31(23)17-27(32,2)26(34)29-16-19-9-11-20(28)12-10-19/h4-15H,3,16-17H2,1-2H3,(H,29,34)/t27-/m1/s1. The smallest absolute Gasteiger partial charge is 0.277 e. The summed E-state index contributed by atoms with van der Waals surface area (Å²) in [5, 5.41) is 9.58. The Morgan fingerprint density at radius 2 is 1.91 bits per heavy atom. The van der Waals surface area contributed by atoms with Crippen LogP contribution in [0.5, 0.6) is 0 Å². The summed E-state index contributed by atoms with van der Waals surface area (Å²) in [6.07, 6.45) is 0.809. The first kappa shape index (κ1) is 23.0. The van der Waals surface area contributed by atoms with Crippen LogP contribution in [-0.4, -0.2) is 27.1 Å². The minimum atomic E-state index is -1.23. The number of hydrogen-bond donors (Lipinski definition) is 1. The molecule has 2 amide bonds. The summed E-state index contributed by atoms with van der Waals surface area (Å²) >= 11 is 1.55. The van der Waals surface area contributed by atoms with Crippen LogP contribution in [-0.2, 0) is 24.3 Å². The molecule has 0 aliphatic carbocycles. The number of aryl methyl sites for hydroxylation is 1. The highest BCUT2D eigenvalue weighted by Gasteiger charge is 2.49. The Balaban J connectivity index is 1.53. The van der Waals surface area contributed by atoms with Crippen molar-refractivity contribution in [3.8, 4) is 10.6 Å². The third kappa shape index (κ3) is 4.25. The molecule has 0 unspecified atom stereocenters. The van der Waals surface area contributed by atoms with Gasteiger partial charge in [-0.1, -0.05) is 37.3 Å². The van der Waals surface area contributed by atoms with Crippen LogP contribution in [0.25, 0.3) is 10.6 Å². The van der Waals surface area contributed by atoms with Gasteiger partial charge in [0.15, 0.2) is 0 Å². The van der Waals surface area contributed by atoms with E-state index in [1.54, 1.807) is 46.0 Å². The molecule has 3 heterocycles. The molecule has 0 radical (unpaired) electrons. The lowest BCUT2D eigenvalue weighted by Gasteiger charge is -2.43. The summed E-state index contributed by atoms with van der Waals surface area (Å²) < 4.78 is 14.9. The first-order chi connectivity index (χ1) is 16.9. The van der Waals surface area contributed by atoms with E-state index in [0.717, 1.165) is 22.4 Å². The van der Waals surface area contributed by atoms with Crippen LogP contribution in [0.3, 0.4) is 0 Å². The number of halogens is 1. The fourth-order valence-electron chi connectivity index (χ4n) is 4.42. The number of nitrogens with one attached hydrogen (secondary N) is 1. The molecule has 1 aliphatic heterocycles. The number of anilines is 1. The van der Waals surface area contributed by atoms with E-state index in [4.69, 9.17) is 0 Å². The van der Waals surface area contributed by atoms with E-state index in [-0.39, 0.29) is 30.7 Å². The summed E-state index contributed by atoms with van der Waals surface area (Å²) in [5.41, 5.74) is 2.43. The molecule has 0 fully saturated rings. The lowest BCUT2D eigenvalue weighted by molar-refractivity contribution is -0.126. The number of carbonyl (C=O) groups is 2. The van der Waals surface area contributed by atoms with Gasteiger partial charge >= 0.3 is 0 Å². The van der Waals surface area contributed by atoms with Gasteiger partial charge in [-0.25, -0.2) is 4.39 Å². The zero-order valence-electron chi connectivity index (χ0n) is 19.5. The first-order valence-corrected chi connectivity index (χ1v) is 12.3. The highest BCUT2D eigenvalue weighted by Crippen LogP contribution is 2.35. The number of rotatable bonds is 6. The van der Waals surface area contributed by atoms with Gasteiger partial charge in [-0.05, 0) is 66.2 Å². The maximum Gasteiger partial charge on any atom is 0.277 e. The molecule has 0 bridgehead atoms. The van der Waals surface area contributed by atoms with Gasteiger partial charge in [-0.15, -0.1) is 11.3 Å². The van der Waals surface area contributed by atoms with Gasteiger partial charge in [0.25, 0.3) is 5.91 Å². The Labute approximate surface area is 207 Å². The van der Waals surface area contributed by atoms with E-state index < -0.39 is 5.54 Å². The zero-order valence-corrected chi connectivity index (χ0v) is 20.3. The molecule has 0 spiro atoms. The molecule has 5 rings (SSSR count). The van der Waals surface area contributed by atoms with E-state index in [1.165, 1.54) is 12.1 Å². The Bertz CT molecular complexity index is 1380. The molecule has 35 heavy (non-hydrogen) atoms. The average Bonchev–Trinajstić information content (AvgIpc) is 3.54. The number of aromatic nitrogens is 2. The van der Waals surface area contributed by atoms with Crippen LogP contribution in [0.1, 0.15) is 35.5 Å². The normalized spacial score (nSPS) is 17.3. The molecular weight excluding hydrogens is 463 g/mol. The van der Waals surface area contributed by atoms with Gasteiger partial charge in [0.05, 0.1) is 11.4 Å². The Hall–Kier alpha value is -3.78. The maximum absolute atomic E-state index is 13.9. The quantitative estimate of drug-likeness (QED) is 0.413. The highest BCUT2D eigenvalue weighted by atomic mass is 32.1. The summed E-state index contributed by atoms with van der Waals surface area (Å²) in [5.74, 6) is -0.921. The average molecular weight is 489 g/mol. The zero-order chi connectivity index (χ0) is 24.6. The van der Waals surface area contributed by atoms with Gasteiger partial charge in [0, 0.05) is 12.2 Å². The number of nitrogens with zero attached hydrogens (tertiary/aromatic N) is 3. The second kappa shape index (κ2) is 9.11. The fraction of sp³-hybridized carbons (Fsp3) is 0.222. The van der Waals surface area contributed by atoms with E-state index >= 15 is 0 Å². The van der Waals surface area contributed by atoms with Gasteiger partial charge in [-0.3, -0.25) is 19.2 Å². The van der Waals surface area contributed by atoms with Crippen LogP contribution >= 0.6 is 11.3 Å². The molecule has 2 aromatic carbocycles. The van der Waals surface area contributed by atoms with Crippen molar-refractivity contribution in [1.29, 1.82) is 0 Å². The first-order valence-electron chi connectivity index (χ1n) is 11.5. The Kier molecular flexibility index (Phi) is 5.98. The Morgan fingerprint density at radius 1 is 1.11 bits per heavy atom. The van der Waals surface area contributed by atoms with Gasteiger partial charge in [-0.2, -0.15) is 5.10 Å². The van der Waals surface area contributed by atoms with Crippen molar-refractivity contribution >= 4 is 28.8 Å². The van der Waals surface area contributed by atoms with Crippen molar-refractivity contribution in [1.82, 2.24) is 15.1 Å². The summed E-state index contributed by atoms with van der Waals surface area (Å²) in [4.78, 5) is 30.1. The maximum atomic E-state index is 13.9. The van der Waals surface area contributed by atoms with E-state index in [9.17, 15) is 14.0 Å². The fourth-order valence-corrected chi connectivity index (χ4v) is 5.10. The molecule has 1 atom stereocenters. The largest absolute Gasteiger partial charge is 0.350 e. The van der Waals surface area contributed by atoms with Crippen molar-refractivity contribution in [2.45, 2.75) is 38.9 Å². The number of carbonyl (C=O) groups excluding carboxylic acids is 2. The molecule has 1 aliphatic rings. The number of amides is 2. The third-order valence-electron chi connectivity index (χ3n) is 6.36. The summed E-state index contributed by atoms with van der Waals surface area (Å²) in [6, 6.07) is 19.4.